The van der Waals surface area contributed by atoms with Crippen LogP contribution in [0.5, 0.6) is 0 Å². The van der Waals surface area contributed by atoms with E-state index in [9.17, 15) is 14.4 Å². The number of carbonyl (C=O) groups excluding carboxylic acids is 1. The lowest BCUT2D eigenvalue weighted by Gasteiger charge is -2.17. The third-order valence-corrected chi connectivity index (χ3v) is 4.48. The Hall–Kier alpha value is -2.72. The molecular formula is C17H15FN4OS. The lowest BCUT2D eigenvalue weighted by Crippen LogP contribution is -2.14. The van der Waals surface area contributed by atoms with E-state index in [-0.39, 0.29) is 11.1 Å². The zero-order chi connectivity index (χ0) is 17.5. The quantitative estimate of drug-likeness (QED) is 0.766. The lowest BCUT2D eigenvalue weighted by atomic mass is 9.86. The molecule has 0 spiro atoms. The number of fused-ring (bicyclic) bond motifs is 1. The number of anilines is 1. The molecular weight excluding hydrogens is 327 g/mol. The van der Waals surface area contributed by atoms with Gasteiger partial charge in [0.05, 0.1) is 5.56 Å². The summed E-state index contributed by atoms with van der Waals surface area (Å²) in [6.45, 7) is 6.04. The van der Waals surface area contributed by atoms with Gasteiger partial charge in [0.15, 0.2) is 0 Å². The summed E-state index contributed by atoms with van der Waals surface area (Å²) < 4.78 is 14.7. The monoisotopic (exact) mass is 342 g/mol. The molecule has 0 aliphatic heterocycles. The van der Waals surface area contributed by atoms with Crippen molar-refractivity contribution < 1.29 is 9.18 Å². The van der Waals surface area contributed by atoms with Gasteiger partial charge in [-0.05, 0) is 28.5 Å². The van der Waals surface area contributed by atoms with Crippen LogP contribution in [0.4, 0.5) is 9.39 Å². The molecule has 3 aromatic heterocycles. The Morgan fingerprint density at radius 1 is 1.38 bits per heavy atom. The Morgan fingerprint density at radius 3 is 2.79 bits per heavy atom. The molecule has 3 rings (SSSR count). The number of carbonyl (C=O) groups is 1. The van der Waals surface area contributed by atoms with Gasteiger partial charge in [-0.2, -0.15) is 5.26 Å². The summed E-state index contributed by atoms with van der Waals surface area (Å²) >= 11 is 1.31. The first kappa shape index (κ1) is 16.1. The number of amides is 1. The molecule has 0 saturated heterocycles. The molecule has 0 bridgehead atoms. The van der Waals surface area contributed by atoms with Gasteiger partial charge in [-0.3, -0.25) is 4.79 Å². The normalized spacial score (nSPS) is 11.5. The van der Waals surface area contributed by atoms with Crippen molar-refractivity contribution in [3.63, 3.8) is 0 Å². The van der Waals surface area contributed by atoms with Gasteiger partial charge in [0.1, 0.15) is 28.2 Å². The van der Waals surface area contributed by atoms with Gasteiger partial charge in [0, 0.05) is 12.4 Å². The molecule has 0 saturated carbocycles. The first-order valence-corrected chi connectivity index (χ1v) is 8.15. The number of hydrogen-bond donors (Lipinski definition) is 1. The van der Waals surface area contributed by atoms with E-state index in [1.54, 1.807) is 0 Å². The van der Waals surface area contributed by atoms with E-state index in [2.05, 4.69) is 16.4 Å². The number of imidazole rings is 1. The highest BCUT2D eigenvalue weighted by molar-refractivity contribution is 7.14. The molecule has 0 radical (unpaired) electrons. The number of nitrogens with zero attached hydrogens (tertiary/aromatic N) is 3. The minimum absolute atomic E-state index is 0.162. The van der Waals surface area contributed by atoms with E-state index in [0.29, 0.717) is 16.2 Å². The number of halogens is 1. The number of aromatic nitrogens is 2. The number of nitriles is 1. The van der Waals surface area contributed by atoms with Crippen LogP contribution in [0.15, 0.2) is 29.9 Å². The van der Waals surface area contributed by atoms with E-state index >= 15 is 0 Å². The number of pyridine rings is 1. The molecule has 3 heterocycles. The van der Waals surface area contributed by atoms with E-state index in [1.165, 1.54) is 40.3 Å². The first-order chi connectivity index (χ1) is 11.3. The first-order valence-electron chi connectivity index (χ1n) is 7.27. The van der Waals surface area contributed by atoms with Crippen molar-refractivity contribution in [2.75, 3.05) is 5.32 Å². The van der Waals surface area contributed by atoms with Crippen molar-refractivity contribution in [1.82, 2.24) is 9.38 Å². The highest BCUT2D eigenvalue weighted by Gasteiger charge is 2.24. The van der Waals surface area contributed by atoms with Crippen LogP contribution in [-0.4, -0.2) is 15.3 Å². The second-order valence-electron chi connectivity index (χ2n) is 6.41. The Balaban J connectivity index is 1.92. The maximum absolute atomic E-state index is 13.2. The van der Waals surface area contributed by atoms with Gasteiger partial charge in [-0.25, -0.2) is 9.37 Å². The van der Waals surface area contributed by atoms with Gasteiger partial charge < -0.3 is 9.72 Å². The van der Waals surface area contributed by atoms with Crippen LogP contribution in [0.2, 0.25) is 0 Å². The molecule has 0 aromatic carbocycles. The van der Waals surface area contributed by atoms with Crippen LogP contribution in [0.25, 0.3) is 5.65 Å². The highest BCUT2D eigenvalue weighted by atomic mass is 32.1. The van der Waals surface area contributed by atoms with Crippen molar-refractivity contribution in [2.24, 2.45) is 0 Å². The summed E-state index contributed by atoms with van der Waals surface area (Å²) in [5.41, 5.74) is 1.81. The lowest BCUT2D eigenvalue weighted by molar-refractivity contribution is 0.102. The number of rotatable bonds is 2. The molecule has 1 amide bonds. The van der Waals surface area contributed by atoms with Crippen molar-refractivity contribution in [1.29, 1.82) is 5.26 Å². The van der Waals surface area contributed by atoms with Crippen LogP contribution in [0, 0.1) is 17.1 Å². The van der Waals surface area contributed by atoms with Gasteiger partial charge in [0.25, 0.3) is 5.91 Å². The predicted octanol–water partition coefficient (Wildman–Crippen LogP) is 3.96. The van der Waals surface area contributed by atoms with Gasteiger partial charge in [0.2, 0.25) is 0 Å². The maximum atomic E-state index is 13.2. The van der Waals surface area contributed by atoms with Crippen molar-refractivity contribution in [3.8, 4) is 6.07 Å². The van der Waals surface area contributed by atoms with Gasteiger partial charge >= 0.3 is 0 Å². The number of nitrogens with one attached hydrogen (secondary N) is 1. The van der Waals surface area contributed by atoms with E-state index in [4.69, 9.17) is 0 Å². The minimum atomic E-state index is -0.432. The van der Waals surface area contributed by atoms with Crippen LogP contribution in [0.1, 0.15) is 42.4 Å². The van der Waals surface area contributed by atoms with Crippen LogP contribution in [-0.2, 0) is 5.41 Å². The van der Waals surface area contributed by atoms with Crippen molar-refractivity contribution in [3.05, 3.63) is 52.5 Å². The standard InChI is InChI=1S/C17H15FN4OS/c1-17(2,3)12-9-24-16(11(12)6-19)21-15(23)13-8-22-7-10(18)4-5-14(22)20-13/h4-5,7-9H,1-3H3,(H,21,23). The Morgan fingerprint density at radius 2 is 2.12 bits per heavy atom. The summed E-state index contributed by atoms with van der Waals surface area (Å²) in [5.74, 6) is -0.843. The van der Waals surface area contributed by atoms with Gasteiger partial charge in [-0.15, -0.1) is 11.3 Å². The van der Waals surface area contributed by atoms with E-state index in [0.717, 1.165) is 5.56 Å². The molecule has 5 nitrogen and oxygen atoms in total. The summed E-state index contributed by atoms with van der Waals surface area (Å²) in [7, 11) is 0. The van der Waals surface area contributed by atoms with E-state index in [1.807, 2.05) is 26.2 Å². The smallest absolute Gasteiger partial charge is 0.276 e. The Bertz CT molecular complexity index is 975. The average Bonchev–Trinajstić information content (AvgIpc) is 3.09. The molecule has 7 heteroatoms. The Kier molecular flexibility index (Phi) is 3.85. The minimum Gasteiger partial charge on any atom is -0.311 e. The average molecular weight is 342 g/mol. The topological polar surface area (TPSA) is 70.2 Å². The summed E-state index contributed by atoms with van der Waals surface area (Å²) in [6.07, 6.45) is 2.71. The maximum Gasteiger partial charge on any atom is 0.276 e. The zero-order valence-corrected chi connectivity index (χ0v) is 14.2. The molecule has 122 valence electrons. The van der Waals surface area contributed by atoms with Crippen LogP contribution >= 0.6 is 11.3 Å². The molecule has 0 aliphatic rings. The molecule has 24 heavy (non-hydrogen) atoms. The van der Waals surface area contributed by atoms with E-state index < -0.39 is 11.7 Å². The second kappa shape index (κ2) is 5.73. The third kappa shape index (κ3) is 2.88. The van der Waals surface area contributed by atoms with Crippen molar-refractivity contribution >= 4 is 27.9 Å². The molecule has 0 aliphatic carbocycles. The number of thiophene rings is 1. The summed E-state index contributed by atoms with van der Waals surface area (Å²) in [4.78, 5) is 16.6. The molecule has 0 atom stereocenters. The predicted molar refractivity (Wildman–Crippen MR) is 90.8 cm³/mol. The molecule has 3 aromatic rings. The molecule has 0 fully saturated rings. The molecule has 0 unspecified atom stereocenters. The van der Waals surface area contributed by atoms with Gasteiger partial charge in [-0.1, -0.05) is 20.8 Å². The number of hydrogen-bond acceptors (Lipinski definition) is 4. The zero-order valence-electron chi connectivity index (χ0n) is 13.4. The van der Waals surface area contributed by atoms with Crippen LogP contribution in [0.3, 0.4) is 0 Å². The fourth-order valence-electron chi connectivity index (χ4n) is 2.35. The van der Waals surface area contributed by atoms with Crippen molar-refractivity contribution in [2.45, 2.75) is 26.2 Å². The summed E-state index contributed by atoms with van der Waals surface area (Å²) in [5, 5.41) is 14.5. The fraction of sp³-hybridized carbons (Fsp3) is 0.235. The summed E-state index contributed by atoms with van der Waals surface area (Å²) in [6, 6.07) is 4.94. The largest absolute Gasteiger partial charge is 0.311 e. The molecule has 1 N–H and O–H groups in total. The second-order valence-corrected chi connectivity index (χ2v) is 7.29. The fourth-order valence-corrected chi connectivity index (χ4v) is 3.49. The third-order valence-electron chi connectivity index (χ3n) is 3.59. The SMILES string of the molecule is CC(C)(C)c1csc(NC(=O)c2cn3cc(F)ccc3n2)c1C#N. The van der Waals surface area contributed by atoms with Crippen LogP contribution < -0.4 is 5.32 Å². The highest BCUT2D eigenvalue weighted by Crippen LogP contribution is 2.35. The Labute approximate surface area is 142 Å².